The van der Waals surface area contributed by atoms with E-state index in [1.807, 2.05) is 0 Å². The predicted octanol–water partition coefficient (Wildman–Crippen LogP) is 3.26. The van der Waals surface area contributed by atoms with E-state index in [1.165, 1.54) is 43.5 Å². The van der Waals surface area contributed by atoms with Crippen LogP contribution >= 0.6 is 0 Å². The molecule has 3 heteroatoms. The fraction of sp³-hybridized carbons (Fsp3) is 0.600. The van der Waals surface area contributed by atoms with Gasteiger partial charge in [0.05, 0.1) is 24.0 Å². The minimum absolute atomic E-state index is 0.333. The summed E-state index contributed by atoms with van der Waals surface area (Å²) in [5.74, 6) is 0.925. The fourth-order valence-corrected chi connectivity index (χ4v) is 3.43. The summed E-state index contributed by atoms with van der Waals surface area (Å²) in [6.45, 7) is 1.06. The highest BCUT2D eigenvalue weighted by Crippen LogP contribution is 2.43. The molecule has 0 amide bonds. The SMILES string of the molecule is COc1ccc2c(c1)NCC1(CCCCC1)N2C. The molecule has 1 aromatic rings. The Morgan fingerprint density at radius 1 is 1.22 bits per heavy atom. The Balaban J connectivity index is 1.94. The van der Waals surface area contributed by atoms with Crippen LogP contribution in [0.1, 0.15) is 32.1 Å². The average Bonchev–Trinajstić information content (AvgIpc) is 2.44. The van der Waals surface area contributed by atoms with Crippen molar-refractivity contribution in [1.82, 2.24) is 0 Å². The van der Waals surface area contributed by atoms with Gasteiger partial charge in [-0.3, -0.25) is 0 Å². The Morgan fingerprint density at radius 2 is 2.00 bits per heavy atom. The lowest BCUT2D eigenvalue weighted by Crippen LogP contribution is -2.55. The molecular formula is C15H22N2O. The van der Waals surface area contributed by atoms with Gasteiger partial charge in [0, 0.05) is 19.7 Å². The monoisotopic (exact) mass is 246 g/mol. The Hall–Kier alpha value is -1.38. The van der Waals surface area contributed by atoms with Crippen LogP contribution in [-0.4, -0.2) is 26.2 Å². The van der Waals surface area contributed by atoms with Crippen molar-refractivity contribution in [2.45, 2.75) is 37.6 Å². The van der Waals surface area contributed by atoms with Crippen molar-refractivity contribution in [3.8, 4) is 5.75 Å². The standard InChI is InChI=1S/C15H22N2O/c1-17-14-7-6-12(18-2)10-13(14)16-11-15(17)8-4-3-5-9-15/h6-7,10,16H,3-5,8-9,11H2,1-2H3. The van der Waals surface area contributed by atoms with E-state index in [9.17, 15) is 0 Å². The van der Waals surface area contributed by atoms with E-state index < -0.39 is 0 Å². The molecule has 1 saturated carbocycles. The van der Waals surface area contributed by atoms with Gasteiger partial charge >= 0.3 is 0 Å². The van der Waals surface area contributed by atoms with Gasteiger partial charge in [-0.1, -0.05) is 19.3 Å². The van der Waals surface area contributed by atoms with E-state index in [-0.39, 0.29) is 0 Å². The number of fused-ring (bicyclic) bond motifs is 1. The highest BCUT2D eigenvalue weighted by atomic mass is 16.5. The van der Waals surface area contributed by atoms with Gasteiger partial charge in [-0.2, -0.15) is 0 Å². The number of nitrogens with zero attached hydrogens (tertiary/aromatic N) is 1. The second kappa shape index (κ2) is 4.38. The van der Waals surface area contributed by atoms with Gasteiger partial charge in [0.2, 0.25) is 0 Å². The highest BCUT2D eigenvalue weighted by Gasteiger charge is 2.39. The van der Waals surface area contributed by atoms with E-state index >= 15 is 0 Å². The minimum Gasteiger partial charge on any atom is -0.497 e. The summed E-state index contributed by atoms with van der Waals surface area (Å²) in [6, 6.07) is 6.33. The maximum absolute atomic E-state index is 5.29. The van der Waals surface area contributed by atoms with Crippen molar-refractivity contribution in [3.05, 3.63) is 18.2 Å². The van der Waals surface area contributed by atoms with Crippen LogP contribution in [0, 0.1) is 0 Å². The van der Waals surface area contributed by atoms with Crippen molar-refractivity contribution in [3.63, 3.8) is 0 Å². The number of rotatable bonds is 1. The molecule has 3 rings (SSSR count). The van der Waals surface area contributed by atoms with E-state index in [1.54, 1.807) is 7.11 Å². The van der Waals surface area contributed by atoms with Crippen LogP contribution in [0.25, 0.3) is 0 Å². The van der Waals surface area contributed by atoms with Crippen LogP contribution in [-0.2, 0) is 0 Å². The second-order valence-corrected chi connectivity index (χ2v) is 5.58. The third-order valence-corrected chi connectivity index (χ3v) is 4.67. The van der Waals surface area contributed by atoms with Crippen LogP contribution < -0.4 is 15.0 Å². The molecule has 0 atom stereocenters. The Morgan fingerprint density at radius 3 is 2.72 bits per heavy atom. The topological polar surface area (TPSA) is 24.5 Å². The van der Waals surface area contributed by atoms with E-state index in [0.29, 0.717) is 5.54 Å². The first-order chi connectivity index (χ1) is 8.75. The lowest BCUT2D eigenvalue weighted by Gasteiger charge is -2.50. The molecule has 1 aliphatic carbocycles. The molecule has 1 aliphatic heterocycles. The zero-order valence-corrected chi connectivity index (χ0v) is 11.3. The summed E-state index contributed by atoms with van der Waals surface area (Å²) in [7, 11) is 3.97. The third-order valence-electron chi connectivity index (χ3n) is 4.67. The molecule has 0 bridgehead atoms. The van der Waals surface area contributed by atoms with Crippen molar-refractivity contribution in [1.29, 1.82) is 0 Å². The summed E-state index contributed by atoms with van der Waals surface area (Å²) in [6.07, 6.45) is 6.73. The fourth-order valence-electron chi connectivity index (χ4n) is 3.43. The molecule has 18 heavy (non-hydrogen) atoms. The predicted molar refractivity (Wildman–Crippen MR) is 75.7 cm³/mol. The Labute approximate surface area is 109 Å². The molecule has 1 spiro atoms. The molecule has 1 heterocycles. The van der Waals surface area contributed by atoms with Crippen molar-refractivity contribution in [2.75, 3.05) is 30.9 Å². The van der Waals surface area contributed by atoms with Crippen molar-refractivity contribution < 1.29 is 4.74 Å². The largest absolute Gasteiger partial charge is 0.497 e. The number of anilines is 2. The number of hydrogen-bond acceptors (Lipinski definition) is 3. The molecule has 0 saturated heterocycles. The molecule has 2 aliphatic rings. The number of methoxy groups -OCH3 is 1. The van der Waals surface area contributed by atoms with E-state index in [2.05, 4.69) is 35.5 Å². The number of ether oxygens (including phenoxy) is 1. The number of hydrogen-bond donors (Lipinski definition) is 1. The van der Waals surface area contributed by atoms with Gasteiger partial charge < -0.3 is 15.0 Å². The molecule has 98 valence electrons. The van der Waals surface area contributed by atoms with Gasteiger partial charge in [0.25, 0.3) is 0 Å². The van der Waals surface area contributed by atoms with Gasteiger partial charge in [0.1, 0.15) is 5.75 Å². The quantitative estimate of drug-likeness (QED) is 0.823. The number of likely N-dealkylation sites (N-methyl/N-ethyl adjacent to an activating group) is 1. The third kappa shape index (κ3) is 1.73. The lowest BCUT2D eigenvalue weighted by atomic mass is 9.79. The lowest BCUT2D eigenvalue weighted by molar-refractivity contribution is 0.294. The van der Waals surface area contributed by atoms with E-state index in [0.717, 1.165) is 12.3 Å². The van der Waals surface area contributed by atoms with Gasteiger partial charge in [0.15, 0.2) is 0 Å². The smallest absolute Gasteiger partial charge is 0.121 e. The summed E-state index contributed by atoms with van der Waals surface area (Å²) in [4.78, 5) is 2.50. The van der Waals surface area contributed by atoms with Gasteiger partial charge in [-0.15, -0.1) is 0 Å². The van der Waals surface area contributed by atoms with Crippen molar-refractivity contribution in [2.24, 2.45) is 0 Å². The number of benzene rings is 1. The first-order valence-corrected chi connectivity index (χ1v) is 6.91. The minimum atomic E-state index is 0.333. The maximum Gasteiger partial charge on any atom is 0.121 e. The van der Waals surface area contributed by atoms with Crippen LogP contribution in [0.3, 0.4) is 0 Å². The second-order valence-electron chi connectivity index (χ2n) is 5.58. The first-order valence-electron chi connectivity index (χ1n) is 6.91. The Bertz CT molecular complexity index is 438. The molecule has 1 N–H and O–H groups in total. The average molecular weight is 246 g/mol. The normalized spacial score (nSPS) is 21.3. The van der Waals surface area contributed by atoms with Crippen LogP contribution in [0.2, 0.25) is 0 Å². The van der Waals surface area contributed by atoms with Crippen molar-refractivity contribution >= 4 is 11.4 Å². The summed E-state index contributed by atoms with van der Waals surface area (Å²) >= 11 is 0. The summed E-state index contributed by atoms with van der Waals surface area (Å²) in [5, 5.41) is 3.61. The molecular weight excluding hydrogens is 224 g/mol. The molecule has 0 unspecified atom stereocenters. The molecule has 1 fully saturated rings. The first kappa shape index (κ1) is 11.7. The van der Waals surface area contributed by atoms with Crippen LogP contribution in [0.4, 0.5) is 11.4 Å². The van der Waals surface area contributed by atoms with E-state index in [4.69, 9.17) is 4.74 Å². The highest BCUT2D eigenvalue weighted by molar-refractivity contribution is 5.75. The zero-order valence-electron chi connectivity index (χ0n) is 11.3. The Kier molecular flexibility index (Phi) is 2.84. The summed E-state index contributed by atoms with van der Waals surface area (Å²) in [5.41, 5.74) is 2.84. The molecule has 1 aromatic carbocycles. The van der Waals surface area contributed by atoms with Crippen LogP contribution in [0.15, 0.2) is 18.2 Å². The summed E-state index contributed by atoms with van der Waals surface area (Å²) < 4.78 is 5.29. The van der Waals surface area contributed by atoms with Crippen LogP contribution in [0.5, 0.6) is 5.75 Å². The molecule has 0 aromatic heterocycles. The number of nitrogens with one attached hydrogen (secondary N) is 1. The zero-order chi connectivity index (χ0) is 12.6. The maximum atomic E-state index is 5.29. The molecule has 0 radical (unpaired) electrons. The van der Waals surface area contributed by atoms with Gasteiger partial charge in [-0.05, 0) is 25.0 Å². The van der Waals surface area contributed by atoms with Gasteiger partial charge in [-0.25, -0.2) is 0 Å². The molecule has 3 nitrogen and oxygen atoms in total.